The summed E-state index contributed by atoms with van der Waals surface area (Å²) in [4.78, 5) is 4.76. The summed E-state index contributed by atoms with van der Waals surface area (Å²) in [5.41, 5.74) is 9.41. The van der Waals surface area contributed by atoms with Gasteiger partial charge < -0.3 is 20.5 Å². The van der Waals surface area contributed by atoms with Gasteiger partial charge in [-0.05, 0) is 25.0 Å². The number of anilines is 1. The van der Waals surface area contributed by atoms with Gasteiger partial charge >= 0.3 is 0 Å². The third kappa shape index (κ3) is 3.25. The number of hydrogen-bond acceptors (Lipinski definition) is 4. The van der Waals surface area contributed by atoms with Crippen molar-refractivity contribution in [3.63, 3.8) is 0 Å². The van der Waals surface area contributed by atoms with Crippen molar-refractivity contribution >= 4 is 5.69 Å². The lowest BCUT2D eigenvalue weighted by Gasteiger charge is -2.13. The molecule has 0 aliphatic heterocycles. The molecule has 0 aliphatic rings. The summed E-state index contributed by atoms with van der Waals surface area (Å²) >= 11 is 0. The van der Waals surface area contributed by atoms with E-state index >= 15 is 0 Å². The van der Waals surface area contributed by atoms with Crippen LogP contribution in [0.4, 0.5) is 5.69 Å². The van der Waals surface area contributed by atoms with Gasteiger partial charge in [-0.2, -0.15) is 0 Å². The maximum Gasteiger partial charge on any atom is 0.117 e. The van der Waals surface area contributed by atoms with Gasteiger partial charge in [0.1, 0.15) is 11.6 Å². The number of phenolic OH excluding ortho intramolecular Hbond substituents is 1. The number of rotatable bonds is 7. The number of aliphatic hydroxyl groups is 1. The Morgan fingerprint density at radius 3 is 2.64 bits per heavy atom. The third-order valence-corrected chi connectivity index (χ3v) is 3.82. The van der Waals surface area contributed by atoms with E-state index in [-0.39, 0.29) is 12.4 Å². The number of phenols is 1. The van der Waals surface area contributed by atoms with Gasteiger partial charge in [0.2, 0.25) is 0 Å². The second-order valence-corrected chi connectivity index (χ2v) is 5.43. The SMILES string of the molecule is CCCCc1nc(CC)c(-c2ccc(O)cc2N)n1CCO. The summed E-state index contributed by atoms with van der Waals surface area (Å²) in [6, 6.07) is 5.00. The van der Waals surface area contributed by atoms with Crippen LogP contribution in [0.25, 0.3) is 11.3 Å². The fourth-order valence-electron chi connectivity index (χ4n) is 2.73. The number of unbranched alkanes of at least 4 members (excludes halogenated alkanes) is 1. The highest BCUT2D eigenvalue weighted by Crippen LogP contribution is 2.33. The third-order valence-electron chi connectivity index (χ3n) is 3.82. The zero-order valence-corrected chi connectivity index (χ0v) is 13.3. The molecule has 4 N–H and O–H groups in total. The van der Waals surface area contributed by atoms with Gasteiger partial charge in [0.05, 0.1) is 18.0 Å². The number of nitrogens with two attached hydrogens (primary N) is 1. The summed E-state index contributed by atoms with van der Waals surface area (Å²) in [5.74, 6) is 1.15. The first-order valence-electron chi connectivity index (χ1n) is 7.90. The predicted molar refractivity (Wildman–Crippen MR) is 88.8 cm³/mol. The van der Waals surface area contributed by atoms with Crippen LogP contribution in [-0.2, 0) is 19.4 Å². The van der Waals surface area contributed by atoms with Crippen LogP contribution in [0.15, 0.2) is 18.2 Å². The minimum Gasteiger partial charge on any atom is -0.508 e. The average Bonchev–Trinajstić information content (AvgIpc) is 2.83. The Morgan fingerprint density at radius 2 is 2.05 bits per heavy atom. The van der Waals surface area contributed by atoms with E-state index in [2.05, 4.69) is 18.4 Å². The number of aryl methyl sites for hydroxylation is 2. The van der Waals surface area contributed by atoms with Crippen LogP contribution in [0.1, 0.15) is 38.2 Å². The van der Waals surface area contributed by atoms with Gasteiger partial charge in [-0.15, -0.1) is 0 Å². The Morgan fingerprint density at radius 1 is 1.27 bits per heavy atom. The van der Waals surface area contributed by atoms with Gasteiger partial charge in [-0.3, -0.25) is 0 Å². The maximum absolute atomic E-state index is 9.56. The minimum atomic E-state index is 0.0592. The highest BCUT2D eigenvalue weighted by molar-refractivity contribution is 5.77. The van der Waals surface area contributed by atoms with Crippen molar-refractivity contribution in [2.45, 2.75) is 46.1 Å². The maximum atomic E-state index is 9.56. The smallest absolute Gasteiger partial charge is 0.117 e. The van der Waals surface area contributed by atoms with Crippen molar-refractivity contribution in [1.82, 2.24) is 9.55 Å². The molecule has 0 saturated carbocycles. The van der Waals surface area contributed by atoms with Crippen molar-refractivity contribution in [3.8, 4) is 17.0 Å². The van der Waals surface area contributed by atoms with E-state index in [9.17, 15) is 10.2 Å². The zero-order chi connectivity index (χ0) is 16.1. The van der Waals surface area contributed by atoms with Crippen LogP contribution in [0, 0.1) is 0 Å². The molecule has 0 unspecified atom stereocenters. The first-order chi connectivity index (χ1) is 10.6. The Kier molecular flexibility index (Phi) is 5.44. The van der Waals surface area contributed by atoms with Gasteiger partial charge in [0.25, 0.3) is 0 Å². The molecule has 0 aliphatic carbocycles. The molecule has 0 atom stereocenters. The molecule has 1 aromatic carbocycles. The van der Waals surface area contributed by atoms with E-state index in [1.54, 1.807) is 12.1 Å². The molecule has 0 radical (unpaired) electrons. The van der Waals surface area contributed by atoms with E-state index in [1.165, 1.54) is 0 Å². The lowest BCUT2D eigenvalue weighted by Crippen LogP contribution is -2.09. The largest absolute Gasteiger partial charge is 0.508 e. The van der Waals surface area contributed by atoms with Gasteiger partial charge in [-0.1, -0.05) is 20.3 Å². The summed E-state index contributed by atoms with van der Waals surface area (Å²) in [6.45, 7) is 4.78. The summed E-state index contributed by atoms with van der Waals surface area (Å²) in [7, 11) is 0. The molecule has 0 spiro atoms. The number of nitrogens with zero attached hydrogens (tertiary/aromatic N) is 2. The number of nitrogen functional groups attached to an aromatic ring is 1. The van der Waals surface area contributed by atoms with E-state index in [0.29, 0.717) is 12.2 Å². The standard InChI is InChI=1S/C17H25N3O2/c1-3-5-6-16-19-15(4-2)17(20(16)9-10-21)13-8-7-12(22)11-14(13)18/h7-8,11,21-22H,3-6,9-10,18H2,1-2H3. The first-order valence-corrected chi connectivity index (χ1v) is 7.90. The predicted octanol–water partition coefficient (Wildman–Crippen LogP) is 2.74. The summed E-state index contributed by atoms with van der Waals surface area (Å²) in [6.07, 6.45) is 3.86. The number of aromatic nitrogens is 2. The number of hydrogen-bond donors (Lipinski definition) is 3. The Balaban J connectivity index is 2.58. The minimum absolute atomic E-state index is 0.0592. The highest BCUT2D eigenvalue weighted by Gasteiger charge is 2.19. The molecule has 0 saturated heterocycles. The highest BCUT2D eigenvalue weighted by atomic mass is 16.3. The van der Waals surface area contributed by atoms with Crippen molar-refractivity contribution < 1.29 is 10.2 Å². The molecule has 5 nitrogen and oxygen atoms in total. The van der Waals surface area contributed by atoms with Gasteiger partial charge in [0.15, 0.2) is 0 Å². The van der Waals surface area contributed by atoms with Crippen molar-refractivity contribution in [2.24, 2.45) is 0 Å². The lowest BCUT2D eigenvalue weighted by molar-refractivity contribution is 0.274. The van der Waals surface area contributed by atoms with Crippen LogP contribution in [0.3, 0.4) is 0 Å². The van der Waals surface area contributed by atoms with Crippen molar-refractivity contribution in [2.75, 3.05) is 12.3 Å². The normalized spacial score (nSPS) is 11.0. The van der Waals surface area contributed by atoms with Crippen LogP contribution in [0.2, 0.25) is 0 Å². The van der Waals surface area contributed by atoms with Crippen molar-refractivity contribution in [3.05, 3.63) is 29.7 Å². The van der Waals surface area contributed by atoms with Gasteiger partial charge in [0, 0.05) is 30.3 Å². The fraction of sp³-hybridized carbons (Fsp3) is 0.471. The Hall–Kier alpha value is -2.01. The number of imidazole rings is 1. The van der Waals surface area contributed by atoms with E-state index in [0.717, 1.165) is 48.5 Å². The number of aliphatic hydroxyl groups excluding tert-OH is 1. The van der Waals surface area contributed by atoms with E-state index in [4.69, 9.17) is 10.7 Å². The van der Waals surface area contributed by atoms with Crippen molar-refractivity contribution in [1.29, 1.82) is 0 Å². The quantitative estimate of drug-likeness (QED) is 0.687. The lowest BCUT2D eigenvalue weighted by atomic mass is 10.1. The molecule has 1 aromatic heterocycles. The Labute approximate surface area is 131 Å². The second kappa shape index (κ2) is 7.31. The molecule has 1 heterocycles. The monoisotopic (exact) mass is 303 g/mol. The van der Waals surface area contributed by atoms with Crippen LogP contribution in [0.5, 0.6) is 5.75 Å². The molecule has 2 rings (SSSR count). The summed E-state index contributed by atoms with van der Waals surface area (Å²) < 4.78 is 2.07. The molecule has 0 fully saturated rings. The topological polar surface area (TPSA) is 84.3 Å². The van der Waals surface area contributed by atoms with Crippen LogP contribution in [-0.4, -0.2) is 26.4 Å². The fourth-order valence-corrected chi connectivity index (χ4v) is 2.73. The molecular weight excluding hydrogens is 278 g/mol. The number of benzene rings is 1. The van der Waals surface area contributed by atoms with Crippen LogP contribution < -0.4 is 5.73 Å². The molecule has 0 bridgehead atoms. The molecule has 22 heavy (non-hydrogen) atoms. The second-order valence-electron chi connectivity index (χ2n) is 5.43. The molecule has 120 valence electrons. The zero-order valence-electron chi connectivity index (χ0n) is 13.3. The van der Waals surface area contributed by atoms with E-state index < -0.39 is 0 Å². The van der Waals surface area contributed by atoms with E-state index in [1.807, 2.05) is 6.07 Å². The number of aromatic hydroxyl groups is 1. The molecule has 2 aromatic rings. The summed E-state index contributed by atoms with van der Waals surface area (Å²) in [5, 5.41) is 19.0. The van der Waals surface area contributed by atoms with Gasteiger partial charge in [-0.25, -0.2) is 4.98 Å². The molecular formula is C17H25N3O2. The Bertz CT molecular complexity index is 635. The average molecular weight is 303 g/mol. The first kappa shape index (κ1) is 16.4. The molecule has 5 heteroatoms. The van der Waals surface area contributed by atoms with Crippen LogP contribution >= 0.6 is 0 Å². The molecule has 0 amide bonds.